The van der Waals surface area contributed by atoms with E-state index in [2.05, 4.69) is 20.6 Å². The standard InChI is InChI=1S/C23H24N4O2/c1-28-18-12-16-6-3-8-26-22(16)20(14-18)24-10-5-11-25-21-15-19(29-2)13-17-7-4-9-27-23(17)21/h3-4,6-9,12-15,24-25H,5,10-11H2,1-2H3. The molecule has 0 aliphatic rings. The first kappa shape index (κ1) is 18.8. The van der Waals surface area contributed by atoms with Crippen molar-refractivity contribution >= 4 is 33.2 Å². The van der Waals surface area contributed by atoms with Crippen LogP contribution in [0.5, 0.6) is 11.5 Å². The van der Waals surface area contributed by atoms with Crippen molar-refractivity contribution in [1.29, 1.82) is 0 Å². The van der Waals surface area contributed by atoms with Gasteiger partial charge in [-0.05, 0) is 30.7 Å². The molecule has 4 rings (SSSR count). The first-order chi connectivity index (χ1) is 14.3. The summed E-state index contributed by atoms with van der Waals surface area (Å²) in [4.78, 5) is 9.00. The summed E-state index contributed by atoms with van der Waals surface area (Å²) >= 11 is 0. The Morgan fingerprint density at radius 2 is 1.21 bits per heavy atom. The van der Waals surface area contributed by atoms with E-state index in [4.69, 9.17) is 9.47 Å². The van der Waals surface area contributed by atoms with Gasteiger partial charge in [0.2, 0.25) is 0 Å². The fourth-order valence-corrected chi connectivity index (χ4v) is 3.37. The molecule has 0 radical (unpaired) electrons. The molecule has 0 fully saturated rings. The SMILES string of the molecule is COc1cc(NCCCNc2cc(OC)cc3cccnc23)c2ncccc2c1. The lowest BCUT2D eigenvalue weighted by Gasteiger charge is -2.13. The summed E-state index contributed by atoms with van der Waals surface area (Å²) in [7, 11) is 3.36. The van der Waals surface area contributed by atoms with E-state index >= 15 is 0 Å². The Kier molecular flexibility index (Phi) is 5.61. The van der Waals surface area contributed by atoms with Gasteiger partial charge in [-0.25, -0.2) is 0 Å². The minimum Gasteiger partial charge on any atom is -0.497 e. The maximum absolute atomic E-state index is 5.41. The van der Waals surface area contributed by atoms with Crippen molar-refractivity contribution in [2.75, 3.05) is 37.9 Å². The Hall–Kier alpha value is -3.54. The molecule has 0 bridgehead atoms. The lowest BCUT2D eigenvalue weighted by atomic mass is 10.1. The molecule has 0 saturated heterocycles. The number of hydrogen-bond donors (Lipinski definition) is 2. The van der Waals surface area contributed by atoms with Crippen molar-refractivity contribution in [2.45, 2.75) is 6.42 Å². The molecule has 0 unspecified atom stereocenters. The molecule has 0 spiro atoms. The number of pyridine rings is 2. The second kappa shape index (κ2) is 8.65. The number of aromatic nitrogens is 2. The summed E-state index contributed by atoms with van der Waals surface area (Å²) in [5, 5.41) is 9.08. The monoisotopic (exact) mass is 388 g/mol. The van der Waals surface area contributed by atoms with Crippen molar-refractivity contribution in [3.05, 3.63) is 60.9 Å². The van der Waals surface area contributed by atoms with Crippen molar-refractivity contribution < 1.29 is 9.47 Å². The molecule has 6 nitrogen and oxygen atoms in total. The van der Waals surface area contributed by atoms with Crippen LogP contribution in [0.25, 0.3) is 21.8 Å². The number of anilines is 2. The van der Waals surface area contributed by atoms with Crippen LogP contribution in [0, 0.1) is 0 Å². The molecule has 29 heavy (non-hydrogen) atoms. The number of hydrogen-bond acceptors (Lipinski definition) is 6. The number of ether oxygens (including phenoxy) is 2. The molecule has 2 heterocycles. The van der Waals surface area contributed by atoms with E-state index in [0.717, 1.165) is 64.2 Å². The highest BCUT2D eigenvalue weighted by molar-refractivity contribution is 5.92. The Bertz CT molecular complexity index is 1040. The number of methoxy groups -OCH3 is 2. The summed E-state index contributed by atoms with van der Waals surface area (Å²) < 4.78 is 10.8. The van der Waals surface area contributed by atoms with Gasteiger partial charge in [0, 0.05) is 48.4 Å². The Morgan fingerprint density at radius 1 is 0.724 bits per heavy atom. The summed E-state index contributed by atoms with van der Waals surface area (Å²) in [6, 6.07) is 15.9. The van der Waals surface area contributed by atoms with Gasteiger partial charge >= 0.3 is 0 Å². The van der Waals surface area contributed by atoms with Crippen molar-refractivity contribution in [3.63, 3.8) is 0 Å². The Morgan fingerprint density at radius 3 is 1.66 bits per heavy atom. The molecule has 0 atom stereocenters. The van der Waals surface area contributed by atoms with E-state index in [-0.39, 0.29) is 0 Å². The largest absolute Gasteiger partial charge is 0.497 e. The number of nitrogens with one attached hydrogen (secondary N) is 2. The molecule has 0 aliphatic carbocycles. The highest BCUT2D eigenvalue weighted by atomic mass is 16.5. The van der Waals surface area contributed by atoms with Crippen molar-refractivity contribution in [3.8, 4) is 11.5 Å². The quantitative estimate of drug-likeness (QED) is 0.426. The van der Waals surface area contributed by atoms with Crippen molar-refractivity contribution in [1.82, 2.24) is 9.97 Å². The molecular formula is C23H24N4O2. The van der Waals surface area contributed by atoms with Gasteiger partial charge in [0.25, 0.3) is 0 Å². The summed E-state index contributed by atoms with van der Waals surface area (Å²) in [5.41, 5.74) is 3.86. The normalized spacial score (nSPS) is 10.8. The Labute approximate surface area is 169 Å². The minimum atomic E-state index is 0.807. The van der Waals surface area contributed by atoms with Crippen LogP contribution in [0.4, 0.5) is 11.4 Å². The van der Waals surface area contributed by atoms with E-state index in [1.165, 1.54) is 0 Å². The second-order valence-corrected chi connectivity index (χ2v) is 6.71. The van der Waals surface area contributed by atoms with Gasteiger partial charge in [0.1, 0.15) is 11.5 Å². The summed E-state index contributed by atoms with van der Waals surface area (Å²) in [5.74, 6) is 1.64. The van der Waals surface area contributed by atoms with E-state index in [1.54, 1.807) is 14.2 Å². The minimum absolute atomic E-state index is 0.807. The predicted octanol–water partition coefficient (Wildman–Crippen LogP) is 4.71. The molecule has 2 aromatic carbocycles. The third-order valence-corrected chi connectivity index (χ3v) is 4.81. The molecule has 4 aromatic rings. The van der Waals surface area contributed by atoms with Gasteiger partial charge in [-0.2, -0.15) is 0 Å². The molecule has 2 aromatic heterocycles. The molecule has 0 amide bonds. The number of benzene rings is 2. The van der Waals surface area contributed by atoms with E-state index in [0.29, 0.717) is 0 Å². The van der Waals surface area contributed by atoms with Gasteiger partial charge in [0.15, 0.2) is 0 Å². The smallest absolute Gasteiger partial charge is 0.121 e. The number of rotatable bonds is 8. The van der Waals surface area contributed by atoms with Gasteiger partial charge in [-0.15, -0.1) is 0 Å². The van der Waals surface area contributed by atoms with Gasteiger partial charge in [-0.1, -0.05) is 12.1 Å². The van der Waals surface area contributed by atoms with Crippen LogP contribution in [-0.4, -0.2) is 37.3 Å². The van der Waals surface area contributed by atoms with Gasteiger partial charge in [-0.3, -0.25) is 9.97 Å². The van der Waals surface area contributed by atoms with Crippen LogP contribution in [0.15, 0.2) is 60.9 Å². The van der Waals surface area contributed by atoms with E-state index < -0.39 is 0 Å². The molecule has 2 N–H and O–H groups in total. The maximum Gasteiger partial charge on any atom is 0.121 e. The Balaban J connectivity index is 1.41. The van der Waals surface area contributed by atoms with Gasteiger partial charge < -0.3 is 20.1 Å². The second-order valence-electron chi connectivity index (χ2n) is 6.71. The van der Waals surface area contributed by atoms with Gasteiger partial charge in [0.05, 0.1) is 36.6 Å². The number of nitrogens with zero attached hydrogens (tertiary/aromatic N) is 2. The van der Waals surface area contributed by atoms with E-state index in [1.807, 2.05) is 60.9 Å². The van der Waals surface area contributed by atoms with Crippen LogP contribution in [0.1, 0.15) is 6.42 Å². The van der Waals surface area contributed by atoms with E-state index in [9.17, 15) is 0 Å². The first-order valence-electron chi connectivity index (χ1n) is 9.62. The topological polar surface area (TPSA) is 68.3 Å². The predicted molar refractivity (Wildman–Crippen MR) is 118 cm³/mol. The summed E-state index contributed by atoms with van der Waals surface area (Å²) in [6.07, 6.45) is 4.54. The number of fused-ring (bicyclic) bond motifs is 2. The summed E-state index contributed by atoms with van der Waals surface area (Å²) in [6.45, 7) is 1.61. The highest BCUT2D eigenvalue weighted by Crippen LogP contribution is 2.29. The van der Waals surface area contributed by atoms with Crippen LogP contribution in [0.2, 0.25) is 0 Å². The maximum atomic E-state index is 5.41. The average Bonchev–Trinajstić information content (AvgIpc) is 2.78. The zero-order chi connectivity index (χ0) is 20.1. The molecule has 148 valence electrons. The van der Waals surface area contributed by atoms with Crippen LogP contribution in [-0.2, 0) is 0 Å². The zero-order valence-electron chi connectivity index (χ0n) is 16.6. The lowest BCUT2D eigenvalue weighted by molar-refractivity contribution is 0.415. The van der Waals surface area contributed by atoms with Crippen molar-refractivity contribution in [2.24, 2.45) is 0 Å². The van der Waals surface area contributed by atoms with Crippen LogP contribution < -0.4 is 20.1 Å². The highest BCUT2D eigenvalue weighted by Gasteiger charge is 2.07. The third-order valence-electron chi connectivity index (χ3n) is 4.81. The molecule has 0 saturated carbocycles. The molecular weight excluding hydrogens is 364 g/mol. The molecule has 0 aliphatic heterocycles. The average molecular weight is 388 g/mol. The fraction of sp³-hybridized carbons (Fsp3) is 0.217. The lowest BCUT2D eigenvalue weighted by Crippen LogP contribution is -2.10. The molecule has 6 heteroatoms. The third kappa shape index (κ3) is 4.16. The first-order valence-corrected chi connectivity index (χ1v) is 9.62. The zero-order valence-corrected chi connectivity index (χ0v) is 16.6. The van der Waals surface area contributed by atoms with Crippen LogP contribution >= 0.6 is 0 Å². The fourth-order valence-electron chi connectivity index (χ4n) is 3.37. The van der Waals surface area contributed by atoms with Crippen LogP contribution in [0.3, 0.4) is 0 Å².